The van der Waals surface area contributed by atoms with E-state index in [1.165, 1.54) is 0 Å². The molecule has 8 nitrogen and oxygen atoms in total. The molecule has 3 rings (SSSR count). The maximum Gasteiger partial charge on any atom is 0.289 e. The van der Waals surface area contributed by atoms with Gasteiger partial charge in [-0.3, -0.25) is 19.4 Å². The number of benzene rings is 1. The summed E-state index contributed by atoms with van der Waals surface area (Å²) in [5, 5.41) is 5.40. The van der Waals surface area contributed by atoms with Crippen LogP contribution in [0.15, 0.2) is 48.7 Å². The van der Waals surface area contributed by atoms with Crippen LogP contribution in [0.5, 0.6) is 0 Å². The van der Waals surface area contributed by atoms with E-state index in [1.807, 2.05) is 30.3 Å². The van der Waals surface area contributed by atoms with Gasteiger partial charge in [0, 0.05) is 37.0 Å². The van der Waals surface area contributed by atoms with Gasteiger partial charge >= 0.3 is 0 Å². The van der Waals surface area contributed by atoms with Crippen LogP contribution in [-0.2, 0) is 32.1 Å². The Balaban J connectivity index is 1.65. The summed E-state index contributed by atoms with van der Waals surface area (Å²) in [5.74, 6) is -1.75. The van der Waals surface area contributed by atoms with Crippen LogP contribution in [-0.4, -0.2) is 55.0 Å². The fourth-order valence-electron chi connectivity index (χ4n) is 3.42. The highest BCUT2D eigenvalue weighted by Gasteiger charge is 2.27. The van der Waals surface area contributed by atoms with E-state index in [4.69, 9.17) is 9.47 Å². The summed E-state index contributed by atoms with van der Waals surface area (Å²) in [7, 11) is 0. The third kappa shape index (κ3) is 7.25. The minimum atomic E-state index is -0.908. The smallest absolute Gasteiger partial charge is 0.289 e. The van der Waals surface area contributed by atoms with Crippen molar-refractivity contribution in [2.75, 3.05) is 26.4 Å². The highest BCUT2D eigenvalue weighted by Crippen LogP contribution is 2.13. The SMILES string of the molecule is O=C(NCCc1ccccn1)C(=O)C1CCCCOCCOCc2ccccc2C(=O)N1. The monoisotopic (exact) mass is 439 g/mol. The summed E-state index contributed by atoms with van der Waals surface area (Å²) >= 11 is 0. The Morgan fingerprint density at radius 2 is 1.84 bits per heavy atom. The summed E-state index contributed by atoms with van der Waals surface area (Å²) < 4.78 is 11.1. The Labute approximate surface area is 187 Å². The number of amides is 2. The molecule has 1 atom stereocenters. The number of ketones is 1. The molecular formula is C24H29N3O5. The van der Waals surface area contributed by atoms with Crippen molar-refractivity contribution < 1.29 is 23.9 Å². The van der Waals surface area contributed by atoms with Crippen LogP contribution in [0, 0.1) is 0 Å². The van der Waals surface area contributed by atoms with Crippen LogP contribution in [0.1, 0.15) is 40.9 Å². The number of nitrogens with one attached hydrogen (secondary N) is 2. The molecule has 0 bridgehead atoms. The van der Waals surface area contributed by atoms with E-state index in [0.717, 1.165) is 12.1 Å². The second-order valence-electron chi connectivity index (χ2n) is 7.54. The Morgan fingerprint density at radius 3 is 2.69 bits per heavy atom. The number of fused-ring (bicyclic) bond motifs is 1. The van der Waals surface area contributed by atoms with Crippen LogP contribution in [0.25, 0.3) is 0 Å². The molecule has 1 aliphatic heterocycles. The van der Waals surface area contributed by atoms with Crippen LogP contribution < -0.4 is 10.6 Å². The second kappa shape index (κ2) is 12.7. The van der Waals surface area contributed by atoms with Crippen molar-refractivity contribution in [3.8, 4) is 0 Å². The normalized spacial score (nSPS) is 18.0. The summed E-state index contributed by atoms with van der Waals surface area (Å²) in [5.41, 5.74) is 1.97. The van der Waals surface area contributed by atoms with Gasteiger partial charge in [0.1, 0.15) is 0 Å². The van der Waals surface area contributed by atoms with Crippen molar-refractivity contribution in [2.45, 2.75) is 38.3 Å². The Hall–Kier alpha value is -3.10. The number of carbonyl (C=O) groups excluding carboxylic acids is 3. The molecule has 0 radical (unpaired) electrons. The minimum Gasteiger partial charge on any atom is -0.379 e. The van der Waals surface area contributed by atoms with Crippen LogP contribution in [0.2, 0.25) is 0 Å². The van der Waals surface area contributed by atoms with Gasteiger partial charge < -0.3 is 20.1 Å². The van der Waals surface area contributed by atoms with Crippen LogP contribution in [0.4, 0.5) is 0 Å². The zero-order valence-corrected chi connectivity index (χ0v) is 18.0. The van der Waals surface area contributed by atoms with Crippen molar-refractivity contribution in [1.82, 2.24) is 15.6 Å². The molecule has 2 heterocycles. The highest BCUT2D eigenvalue weighted by atomic mass is 16.5. The van der Waals surface area contributed by atoms with Crippen molar-refractivity contribution in [2.24, 2.45) is 0 Å². The first-order chi connectivity index (χ1) is 15.6. The largest absolute Gasteiger partial charge is 0.379 e. The van der Waals surface area contributed by atoms with Gasteiger partial charge in [0.2, 0.25) is 5.78 Å². The lowest BCUT2D eigenvalue weighted by Crippen LogP contribution is -2.48. The average Bonchev–Trinajstić information content (AvgIpc) is 2.82. The van der Waals surface area contributed by atoms with Crippen LogP contribution >= 0.6 is 0 Å². The molecule has 0 saturated heterocycles. The zero-order chi connectivity index (χ0) is 22.6. The lowest BCUT2D eigenvalue weighted by molar-refractivity contribution is -0.139. The number of hydrogen-bond acceptors (Lipinski definition) is 6. The van der Waals surface area contributed by atoms with E-state index >= 15 is 0 Å². The topological polar surface area (TPSA) is 107 Å². The molecule has 1 aromatic heterocycles. The van der Waals surface area contributed by atoms with Crippen LogP contribution in [0.3, 0.4) is 0 Å². The zero-order valence-electron chi connectivity index (χ0n) is 18.0. The summed E-state index contributed by atoms with van der Waals surface area (Å²) in [6.07, 6.45) is 3.92. The van der Waals surface area contributed by atoms with Crippen molar-refractivity contribution in [3.63, 3.8) is 0 Å². The third-order valence-corrected chi connectivity index (χ3v) is 5.16. The first-order valence-electron chi connectivity index (χ1n) is 10.9. The molecule has 1 aromatic carbocycles. The van der Waals surface area contributed by atoms with Gasteiger partial charge in [-0.15, -0.1) is 0 Å². The van der Waals surface area contributed by atoms with Gasteiger partial charge in [0.25, 0.3) is 11.8 Å². The van der Waals surface area contributed by atoms with Gasteiger partial charge in [0.05, 0.1) is 25.9 Å². The van der Waals surface area contributed by atoms with E-state index < -0.39 is 23.6 Å². The van der Waals surface area contributed by atoms with E-state index in [-0.39, 0.29) is 13.2 Å². The first kappa shape index (κ1) is 23.6. The summed E-state index contributed by atoms with van der Waals surface area (Å²) in [4.78, 5) is 42.5. The molecule has 2 amide bonds. The van der Waals surface area contributed by atoms with E-state index in [0.29, 0.717) is 50.2 Å². The van der Waals surface area contributed by atoms with Gasteiger partial charge in [-0.05, 0) is 43.0 Å². The molecule has 32 heavy (non-hydrogen) atoms. The van der Waals surface area contributed by atoms with E-state index in [2.05, 4.69) is 15.6 Å². The molecule has 1 unspecified atom stereocenters. The second-order valence-corrected chi connectivity index (χ2v) is 7.54. The summed E-state index contributed by atoms with van der Waals surface area (Å²) in [6, 6.07) is 11.7. The molecule has 2 N–H and O–H groups in total. The lowest BCUT2D eigenvalue weighted by atomic mass is 10.0. The molecule has 1 aliphatic rings. The van der Waals surface area contributed by atoms with Crippen molar-refractivity contribution in [1.29, 1.82) is 0 Å². The number of carbonyl (C=O) groups is 3. The fourth-order valence-corrected chi connectivity index (χ4v) is 3.42. The Kier molecular flexibility index (Phi) is 9.34. The predicted molar refractivity (Wildman–Crippen MR) is 118 cm³/mol. The Morgan fingerprint density at radius 1 is 1.03 bits per heavy atom. The van der Waals surface area contributed by atoms with E-state index in [1.54, 1.807) is 18.3 Å². The first-order valence-corrected chi connectivity index (χ1v) is 10.9. The van der Waals surface area contributed by atoms with Gasteiger partial charge in [-0.1, -0.05) is 24.3 Å². The number of hydrogen-bond donors (Lipinski definition) is 2. The lowest BCUT2D eigenvalue weighted by Gasteiger charge is -2.19. The quantitative estimate of drug-likeness (QED) is 0.689. The molecule has 0 spiro atoms. The van der Waals surface area contributed by atoms with Gasteiger partial charge in [-0.2, -0.15) is 0 Å². The summed E-state index contributed by atoms with van der Waals surface area (Å²) in [6.45, 7) is 1.99. The molecule has 0 saturated carbocycles. The number of aromatic nitrogens is 1. The number of Topliss-reactive ketones (excluding diaryl/α,β-unsaturated/α-hetero) is 1. The van der Waals surface area contributed by atoms with Crippen molar-refractivity contribution >= 4 is 17.6 Å². The molecule has 0 fully saturated rings. The fraction of sp³-hybridized carbons (Fsp3) is 0.417. The molecule has 0 aliphatic carbocycles. The van der Waals surface area contributed by atoms with E-state index in [9.17, 15) is 14.4 Å². The number of pyridine rings is 1. The maximum atomic E-state index is 12.9. The standard InChI is InChI=1S/C24H29N3O5/c28-22(24(30)26-13-11-19-8-3-5-12-25-19)21-10-4-6-14-31-15-16-32-17-18-7-1-2-9-20(18)23(29)27-21/h1-3,5,7-9,12,21H,4,6,10-11,13-17H2,(H,26,30)(H,27,29). The number of ether oxygens (including phenoxy) is 2. The molecule has 170 valence electrons. The minimum absolute atomic E-state index is 0.263. The predicted octanol–water partition coefficient (Wildman–Crippen LogP) is 1.83. The number of rotatable bonds is 5. The number of nitrogens with zero attached hydrogens (tertiary/aromatic N) is 1. The van der Waals surface area contributed by atoms with Gasteiger partial charge in [-0.25, -0.2) is 0 Å². The highest BCUT2D eigenvalue weighted by molar-refractivity contribution is 6.38. The Bertz CT molecular complexity index is 904. The third-order valence-electron chi connectivity index (χ3n) is 5.16. The van der Waals surface area contributed by atoms with Gasteiger partial charge in [0.15, 0.2) is 0 Å². The van der Waals surface area contributed by atoms with Crippen molar-refractivity contribution in [3.05, 3.63) is 65.5 Å². The molecular weight excluding hydrogens is 410 g/mol. The average molecular weight is 440 g/mol. The molecule has 8 heteroatoms. The molecule has 2 aromatic rings. The maximum absolute atomic E-state index is 12.9.